The first-order valence-electron chi connectivity index (χ1n) is 8.44. The van der Waals surface area contributed by atoms with Gasteiger partial charge >= 0.3 is 0 Å². The number of ketones is 1. The molecule has 3 heteroatoms. The Morgan fingerprint density at radius 2 is 1.75 bits per heavy atom. The Hall–Kier alpha value is -2.55. The van der Waals surface area contributed by atoms with Crippen LogP contribution in [0, 0.1) is 13.8 Å². The normalized spacial score (nSPS) is 11.0. The highest BCUT2D eigenvalue weighted by Crippen LogP contribution is 2.27. The Bertz CT molecular complexity index is 888. The van der Waals surface area contributed by atoms with Crippen LogP contribution in [0.5, 0.6) is 0 Å². The number of benzene rings is 2. The number of aryl methyl sites for hydroxylation is 2. The molecular formula is C21H23NO2. The molecule has 1 aromatic heterocycles. The van der Waals surface area contributed by atoms with Crippen LogP contribution in [0.25, 0.3) is 11.0 Å². The predicted molar refractivity (Wildman–Crippen MR) is 99.1 cm³/mol. The van der Waals surface area contributed by atoms with Crippen LogP contribution in [0.2, 0.25) is 0 Å². The monoisotopic (exact) mass is 321 g/mol. The minimum Gasteiger partial charge on any atom is -0.452 e. The van der Waals surface area contributed by atoms with Crippen molar-refractivity contribution in [2.45, 2.75) is 27.7 Å². The molecule has 3 rings (SSSR count). The van der Waals surface area contributed by atoms with Crippen LogP contribution in [-0.4, -0.2) is 18.9 Å². The average molecular weight is 321 g/mol. The van der Waals surface area contributed by atoms with E-state index < -0.39 is 0 Å². The quantitative estimate of drug-likeness (QED) is 0.611. The number of hydrogen-bond acceptors (Lipinski definition) is 3. The molecule has 0 saturated carbocycles. The molecule has 0 amide bonds. The highest BCUT2D eigenvalue weighted by Gasteiger charge is 2.17. The first-order valence-corrected chi connectivity index (χ1v) is 8.44. The molecule has 0 fully saturated rings. The second-order valence-electron chi connectivity index (χ2n) is 6.15. The van der Waals surface area contributed by atoms with E-state index in [0.717, 1.165) is 40.9 Å². The van der Waals surface area contributed by atoms with Gasteiger partial charge in [-0.2, -0.15) is 0 Å². The molecule has 124 valence electrons. The Morgan fingerprint density at radius 1 is 1.00 bits per heavy atom. The number of rotatable bonds is 5. The van der Waals surface area contributed by atoms with Crippen LogP contribution >= 0.6 is 0 Å². The highest BCUT2D eigenvalue weighted by atomic mass is 16.3. The van der Waals surface area contributed by atoms with E-state index in [0.29, 0.717) is 11.3 Å². The summed E-state index contributed by atoms with van der Waals surface area (Å²) >= 11 is 0. The molecule has 3 nitrogen and oxygen atoms in total. The van der Waals surface area contributed by atoms with Gasteiger partial charge in [0, 0.05) is 35.8 Å². The van der Waals surface area contributed by atoms with Crippen LogP contribution in [-0.2, 0) is 0 Å². The van der Waals surface area contributed by atoms with E-state index in [1.54, 1.807) is 0 Å². The van der Waals surface area contributed by atoms with Crippen LogP contribution < -0.4 is 4.90 Å². The van der Waals surface area contributed by atoms with Gasteiger partial charge in [0.1, 0.15) is 5.58 Å². The summed E-state index contributed by atoms with van der Waals surface area (Å²) in [5, 5.41) is 0.957. The largest absolute Gasteiger partial charge is 0.452 e. The minimum atomic E-state index is -0.0620. The molecule has 0 aliphatic heterocycles. The van der Waals surface area contributed by atoms with Crippen LogP contribution in [0.15, 0.2) is 46.9 Å². The zero-order chi connectivity index (χ0) is 17.3. The molecule has 0 N–H and O–H groups in total. The molecule has 0 atom stereocenters. The fourth-order valence-corrected chi connectivity index (χ4v) is 3.12. The number of nitrogens with zero attached hydrogens (tertiary/aromatic N) is 1. The second-order valence-corrected chi connectivity index (χ2v) is 6.15. The van der Waals surface area contributed by atoms with Crippen molar-refractivity contribution >= 4 is 22.4 Å². The van der Waals surface area contributed by atoms with E-state index in [4.69, 9.17) is 4.42 Å². The van der Waals surface area contributed by atoms with Crippen molar-refractivity contribution in [3.8, 4) is 0 Å². The summed E-state index contributed by atoms with van der Waals surface area (Å²) in [6.07, 6.45) is 0. The van der Waals surface area contributed by atoms with Gasteiger partial charge in [0.05, 0.1) is 0 Å². The summed E-state index contributed by atoms with van der Waals surface area (Å²) in [7, 11) is 0. The standard InChI is InChI=1S/C21H23NO2/c1-5-22(6-2)17-9-8-16-12-20(24-19(16)13-17)21(23)18-10-7-14(3)11-15(18)4/h7-13H,5-6H2,1-4H3. The van der Waals surface area contributed by atoms with Gasteiger partial charge in [-0.05, 0) is 51.5 Å². The molecule has 0 spiro atoms. The molecular weight excluding hydrogens is 298 g/mol. The van der Waals surface area contributed by atoms with E-state index >= 15 is 0 Å². The number of anilines is 1. The number of carbonyl (C=O) groups is 1. The first-order chi connectivity index (χ1) is 11.5. The Labute approximate surface area is 142 Å². The molecule has 0 unspecified atom stereocenters. The Balaban J connectivity index is 1.99. The van der Waals surface area contributed by atoms with Gasteiger partial charge in [0.2, 0.25) is 5.78 Å². The molecule has 24 heavy (non-hydrogen) atoms. The lowest BCUT2D eigenvalue weighted by Gasteiger charge is -2.20. The van der Waals surface area contributed by atoms with Crippen LogP contribution in [0.3, 0.4) is 0 Å². The molecule has 0 bridgehead atoms. The predicted octanol–water partition coefficient (Wildman–Crippen LogP) is 5.13. The molecule has 1 heterocycles. The Morgan fingerprint density at radius 3 is 2.42 bits per heavy atom. The minimum absolute atomic E-state index is 0.0620. The van der Waals surface area contributed by atoms with Crippen molar-refractivity contribution in [3.63, 3.8) is 0 Å². The van der Waals surface area contributed by atoms with Gasteiger partial charge in [-0.25, -0.2) is 0 Å². The zero-order valence-corrected chi connectivity index (χ0v) is 14.7. The average Bonchev–Trinajstić information content (AvgIpc) is 2.99. The fraction of sp³-hybridized carbons (Fsp3) is 0.286. The first kappa shape index (κ1) is 16.3. The van der Waals surface area contributed by atoms with Gasteiger partial charge in [-0.1, -0.05) is 23.8 Å². The topological polar surface area (TPSA) is 33.5 Å². The molecule has 3 aromatic rings. The maximum Gasteiger partial charge on any atom is 0.228 e. The lowest BCUT2D eigenvalue weighted by molar-refractivity contribution is 0.101. The number of fused-ring (bicyclic) bond motifs is 1. The van der Waals surface area contributed by atoms with Crippen molar-refractivity contribution in [3.05, 3.63) is 64.9 Å². The van der Waals surface area contributed by atoms with E-state index in [2.05, 4.69) is 24.8 Å². The van der Waals surface area contributed by atoms with Crippen molar-refractivity contribution in [2.75, 3.05) is 18.0 Å². The molecule has 2 aromatic carbocycles. The molecule has 0 aliphatic carbocycles. The molecule has 0 radical (unpaired) electrons. The van der Waals surface area contributed by atoms with E-state index in [-0.39, 0.29) is 5.78 Å². The van der Waals surface area contributed by atoms with Gasteiger partial charge in [-0.15, -0.1) is 0 Å². The third-order valence-corrected chi connectivity index (χ3v) is 4.48. The van der Waals surface area contributed by atoms with Gasteiger partial charge < -0.3 is 9.32 Å². The van der Waals surface area contributed by atoms with Crippen LogP contribution in [0.4, 0.5) is 5.69 Å². The van der Waals surface area contributed by atoms with E-state index in [1.165, 1.54) is 0 Å². The van der Waals surface area contributed by atoms with Crippen LogP contribution in [0.1, 0.15) is 41.1 Å². The summed E-state index contributed by atoms with van der Waals surface area (Å²) < 4.78 is 5.87. The van der Waals surface area contributed by atoms with Crippen molar-refractivity contribution in [1.82, 2.24) is 0 Å². The highest BCUT2D eigenvalue weighted by molar-refractivity contribution is 6.10. The third-order valence-electron chi connectivity index (χ3n) is 4.48. The van der Waals surface area contributed by atoms with E-state index in [1.807, 2.05) is 50.2 Å². The SMILES string of the molecule is CCN(CC)c1ccc2cc(C(=O)c3ccc(C)cc3C)oc2c1. The number of hydrogen-bond donors (Lipinski definition) is 0. The summed E-state index contributed by atoms with van der Waals surface area (Å²) in [4.78, 5) is 15.0. The molecule has 0 saturated heterocycles. The van der Waals surface area contributed by atoms with Gasteiger partial charge in [0.15, 0.2) is 5.76 Å². The van der Waals surface area contributed by atoms with Gasteiger partial charge in [0.25, 0.3) is 0 Å². The Kier molecular flexibility index (Phi) is 4.43. The summed E-state index contributed by atoms with van der Waals surface area (Å²) in [5.41, 5.74) is 4.70. The summed E-state index contributed by atoms with van der Waals surface area (Å²) in [6.45, 7) is 10.1. The maximum absolute atomic E-state index is 12.8. The number of furan rings is 1. The van der Waals surface area contributed by atoms with Crippen molar-refractivity contribution in [1.29, 1.82) is 0 Å². The third kappa shape index (κ3) is 2.94. The van der Waals surface area contributed by atoms with E-state index in [9.17, 15) is 4.79 Å². The summed E-state index contributed by atoms with van der Waals surface area (Å²) in [6, 6.07) is 13.8. The molecule has 0 aliphatic rings. The van der Waals surface area contributed by atoms with Crippen molar-refractivity contribution in [2.24, 2.45) is 0 Å². The fourth-order valence-electron chi connectivity index (χ4n) is 3.12. The lowest BCUT2D eigenvalue weighted by atomic mass is 10.0. The smallest absolute Gasteiger partial charge is 0.228 e. The number of carbonyl (C=O) groups excluding carboxylic acids is 1. The lowest BCUT2D eigenvalue weighted by Crippen LogP contribution is -2.21. The van der Waals surface area contributed by atoms with Gasteiger partial charge in [-0.3, -0.25) is 4.79 Å². The summed E-state index contributed by atoms with van der Waals surface area (Å²) in [5.74, 6) is 0.335. The second kappa shape index (κ2) is 6.52. The zero-order valence-electron chi connectivity index (χ0n) is 14.7. The maximum atomic E-state index is 12.8. The van der Waals surface area contributed by atoms with Crippen molar-refractivity contribution < 1.29 is 9.21 Å².